The Morgan fingerprint density at radius 3 is 3.04 bits per heavy atom. The number of methoxy groups -OCH3 is 1. The van der Waals surface area contributed by atoms with Crippen molar-refractivity contribution >= 4 is 17.9 Å². The van der Waals surface area contributed by atoms with Crippen LogP contribution < -0.4 is 20.6 Å². The molecule has 28 heavy (non-hydrogen) atoms. The van der Waals surface area contributed by atoms with Crippen LogP contribution in [0.15, 0.2) is 27.9 Å². The van der Waals surface area contributed by atoms with E-state index in [-0.39, 0.29) is 30.7 Å². The van der Waals surface area contributed by atoms with Crippen molar-refractivity contribution in [2.24, 2.45) is 5.10 Å². The normalized spacial score (nSPS) is 12.6. The number of benzene rings is 1. The van der Waals surface area contributed by atoms with E-state index in [0.717, 1.165) is 0 Å². The summed E-state index contributed by atoms with van der Waals surface area (Å²) < 4.78 is 21.4. The van der Waals surface area contributed by atoms with Gasteiger partial charge >= 0.3 is 0 Å². The topological polar surface area (TPSA) is 165 Å². The molecular weight excluding hydrogens is 372 g/mol. The molecule has 0 saturated carbocycles. The molecule has 0 aliphatic carbocycles. The monoisotopic (exact) mass is 386 g/mol. The summed E-state index contributed by atoms with van der Waals surface area (Å²) in [5.74, 6) is 0.769. The molecule has 2 aromatic heterocycles. The van der Waals surface area contributed by atoms with Gasteiger partial charge in [-0.15, -0.1) is 5.10 Å². The first kappa shape index (κ1) is 17.4. The number of nitrogens with one attached hydrogen (secondary N) is 1. The zero-order valence-electron chi connectivity index (χ0n) is 14.5. The lowest BCUT2D eigenvalue weighted by molar-refractivity contribution is 0.0944. The van der Waals surface area contributed by atoms with Crippen LogP contribution in [0, 0.1) is 0 Å². The van der Waals surface area contributed by atoms with E-state index in [1.54, 1.807) is 18.2 Å². The molecule has 3 aromatic rings. The molecule has 0 fully saturated rings. The van der Waals surface area contributed by atoms with Crippen molar-refractivity contribution < 1.29 is 23.6 Å². The van der Waals surface area contributed by atoms with Crippen molar-refractivity contribution in [2.45, 2.75) is 6.61 Å². The number of aromatic nitrogens is 5. The minimum Gasteiger partial charge on any atom is -0.454 e. The zero-order chi connectivity index (χ0) is 19.5. The number of hydrogen-bond acceptors (Lipinski definition) is 11. The number of nitrogen functional groups attached to an aromatic ring is 1. The molecule has 1 aromatic carbocycles. The Labute approximate surface area is 157 Å². The van der Waals surface area contributed by atoms with Gasteiger partial charge in [-0.1, -0.05) is 5.21 Å². The molecule has 13 nitrogen and oxygen atoms in total. The molecule has 0 unspecified atom stereocenters. The number of hydrazone groups is 1. The number of nitrogens with zero attached hydrogens (tertiary/aromatic N) is 6. The summed E-state index contributed by atoms with van der Waals surface area (Å²) in [4.78, 5) is 12.5. The molecule has 0 radical (unpaired) electrons. The summed E-state index contributed by atoms with van der Waals surface area (Å²) in [6, 6.07) is 5.27. The van der Waals surface area contributed by atoms with Gasteiger partial charge in [0.2, 0.25) is 18.4 Å². The third kappa shape index (κ3) is 3.21. The lowest BCUT2D eigenvalue weighted by Crippen LogP contribution is -2.20. The second-order valence-corrected chi connectivity index (χ2v) is 5.51. The van der Waals surface area contributed by atoms with Crippen LogP contribution in [0.2, 0.25) is 0 Å². The average Bonchev–Trinajstić information content (AvgIpc) is 3.41. The maximum atomic E-state index is 12.5. The summed E-state index contributed by atoms with van der Waals surface area (Å²) in [6.45, 7) is 0.198. The van der Waals surface area contributed by atoms with Crippen LogP contribution in [0.3, 0.4) is 0 Å². The second-order valence-electron chi connectivity index (χ2n) is 5.51. The van der Waals surface area contributed by atoms with Crippen LogP contribution in [0.5, 0.6) is 11.5 Å². The van der Waals surface area contributed by atoms with Crippen molar-refractivity contribution in [1.29, 1.82) is 0 Å². The van der Waals surface area contributed by atoms with Gasteiger partial charge in [0.1, 0.15) is 5.69 Å². The fourth-order valence-electron chi connectivity index (χ4n) is 2.46. The highest BCUT2D eigenvalue weighted by Gasteiger charge is 2.23. The van der Waals surface area contributed by atoms with Crippen molar-refractivity contribution in [3.63, 3.8) is 0 Å². The Kier molecular flexibility index (Phi) is 4.55. The van der Waals surface area contributed by atoms with E-state index < -0.39 is 5.91 Å². The maximum absolute atomic E-state index is 12.5. The van der Waals surface area contributed by atoms with Gasteiger partial charge in [0.05, 0.1) is 12.8 Å². The highest BCUT2D eigenvalue weighted by atomic mass is 16.7. The van der Waals surface area contributed by atoms with Crippen molar-refractivity contribution in [2.75, 3.05) is 19.6 Å². The summed E-state index contributed by atoms with van der Waals surface area (Å²) in [5.41, 5.74) is 9.06. The number of fused-ring (bicyclic) bond motifs is 1. The first-order valence-electron chi connectivity index (χ1n) is 7.92. The molecule has 1 aliphatic rings. The fraction of sp³-hybridized carbons (Fsp3) is 0.200. The van der Waals surface area contributed by atoms with Crippen LogP contribution in [0.25, 0.3) is 5.82 Å². The number of anilines is 1. The molecule has 0 atom stereocenters. The zero-order valence-corrected chi connectivity index (χ0v) is 14.5. The number of hydrogen-bond donors (Lipinski definition) is 2. The Bertz CT molecular complexity index is 1040. The predicted molar refractivity (Wildman–Crippen MR) is 92.0 cm³/mol. The number of carbonyl (C=O) groups is 1. The third-order valence-electron chi connectivity index (χ3n) is 3.73. The molecule has 0 bridgehead atoms. The molecule has 4 rings (SSSR count). The van der Waals surface area contributed by atoms with Gasteiger partial charge in [-0.25, -0.2) is 10.1 Å². The third-order valence-corrected chi connectivity index (χ3v) is 3.73. The van der Waals surface area contributed by atoms with Gasteiger partial charge in [-0.2, -0.15) is 9.78 Å². The highest BCUT2D eigenvalue weighted by molar-refractivity contribution is 5.94. The number of amides is 1. The average molecular weight is 386 g/mol. The largest absolute Gasteiger partial charge is 0.454 e. The smallest absolute Gasteiger partial charge is 0.293 e. The summed E-state index contributed by atoms with van der Waals surface area (Å²) in [6.07, 6.45) is 1.46. The van der Waals surface area contributed by atoms with Crippen molar-refractivity contribution in [3.05, 3.63) is 35.2 Å². The lowest BCUT2D eigenvalue weighted by atomic mass is 10.2. The molecule has 1 aliphatic heterocycles. The Balaban J connectivity index is 1.52. The van der Waals surface area contributed by atoms with Crippen LogP contribution >= 0.6 is 0 Å². The maximum Gasteiger partial charge on any atom is 0.293 e. The molecule has 1 amide bonds. The van der Waals surface area contributed by atoms with Crippen LogP contribution in [-0.4, -0.2) is 51.3 Å². The predicted octanol–water partition coefficient (Wildman–Crippen LogP) is -0.129. The van der Waals surface area contributed by atoms with Gasteiger partial charge in [-0.3, -0.25) is 4.79 Å². The number of rotatable bonds is 6. The number of nitrogens with two attached hydrogens (primary N) is 1. The Morgan fingerprint density at radius 2 is 2.25 bits per heavy atom. The Morgan fingerprint density at radius 1 is 1.39 bits per heavy atom. The molecule has 3 N–H and O–H groups in total. The van der Waals surface area contributed by atoms with Crippen LogP contribution in [-0.2, 0) is 11.3 Å². The minimum atomic E-state index is -0.592. The van der Waals surface area contributed by atoms with Crippen LogP contribution in [0.4, 0.5) is 5.82 Å². The van der Waals surface area contributed by atoms with Crippen molar-refractivity contribution in [1.82, 2.24) is 30.7 Å². The summed E-state index contributed by atoms with van der Waals surface area (Å²) in [7, 11) is 1.46. The van der Waals surface area contributed by atoms with E-state index in [2.05, 4.69) is 35.8 Å². The first-order chi connectivity index (χ1) is 13.7. The van der Waals surface area contributed by atoms with E-state index in [9.17, 15) is 4.79 Å². The van der Waals surface area contributed by atoms with Crippen molar-refractivity contribution in [3.8, 4) is 17.3 Å². The van der Waals surface area contributed by atoms with Gasteiger partial charge in [0.25, 0.3) is 5.91 Å². The molecule has 144 valence electrons. The Hall–Kier alpha value is -4.00. The quantitative estimate of drug-likeness (QED) is 0.430. The molecule has 0 spiro atoms. The van der Waals surface area contributed by atoms with E-state index in [4.69, 9.17) is 19.9 Å². The summed E-state index contributed by atoms with van der Waals surface area (Å²) in [5, 5.41) is 18.8. The number of ether oxygens (including phenoxy) is 3. The second kappa shape index (κ2) is 7.32. The van der Waals surface area contributed by atoms with Gasteiger partial charge < -0.3 is 19.9 Å². The standard InChI is InChI=1S/C15H14N8O5/c1-25-6-9-12(18-22-23(9)14-13(16)20-28-21-14)15(24)19-17-5-8-2-3-10-11(4-8)27-7-26-10/h2-5H,6-7H2,1H3,(H2,16,20)(H,19,24)/b17-5-. The highest BCUT2D eigenvalue weighted by Crippen LogP contribution is 2.31. The van der Waals surface area contributed by atoms with Gasteiger partial charge in [0, 0.05) is 7.11 Å². The molecular formula is C15H14N8O5. The molecule has 13 heteroatoms. The van der Waals surface area contributed by atoms with Crippen LogP contribution in [0.1, 0.15) is 21.7 Å². The first-order valence-corrected chi connectivity index (χ1v) is 7.92. The minimum absolute atomic E-state index is 0.00459. The SMILES string of the molecule is COCc1c(C(=O)N/N=C\c2ccc3c(c2)OCO3)nnn1-c1nonc1N. The van der Waals surface area contributed by atoms with E-state index in [1.165, 1.54) is 18.0 Å². The van der Waals surface area contributed by atoms with Gasteiger partial charge in [0.15, 0.2) is 17.2 Å². The number of carbonyl (C=O) groups excluding carboxylic acids is 1. The van der Waals surface area contributed by atoms with E-state index >= 15 is 0 Å². The van der Waals surface area contributed by atoms with E-state index in [1.807, 2.05) is 0 Å². The van der Waals surface area contributed by atoms with E-state index in [0.29, 0.717) is 22.8 Å². The summed E-state index contributed by atoms with van der Waals surface area (Å²) >= 11 is 0. The lowest BCUT2D eigenvalue weighted by Gasteiger charge is -2.04. The molecule has 0 saturated heterocycles. The van der Waals surface area contributed by atoms with Gasteiger partial charge in [-0.05, 0) is 34.1 Å². The molecule has 3 heterocycles. The fourth-order valence-corrected chi connectivity index (χ4v) is 2.46.